The number of aromatic nitrogens is 1. The zero-order chi connectivity index (χ0) is 22.2. The minimum absolute atomic E-state index is 0.308. The van der Waals surface area contributed by atoms with Gasteiger partial charge in [-0.15, -0.1) is 0 Å². The summed E-state index contributed by atoms with van der Waals surface area (Å²) >= 11 is 0. The lowest BCUT2D eigenvalue weighted by molar-refractivity contribution is 0.00485. The number of hydrogen-bond donors (Lipinski definition) is 2. The smallest absolute Gasteiger partial charge is 0.335 e. The second-order valence-corrected chi connectivity index (χ2v) is 9.96. The highest BCUT2D eigenvalue weighted by Gasteiger charge is 2.34. The molecule has 4 heteroatoms. The summed E-state index contributed by atoms with van der Waals surface area (Å²) in [5.74, 6) is 0.807. The van der Waals surface area contributed by atoms with Crippen LogP contribution in [-0.4, -0.2) is 28.8 Å². The fourth-order valence-corrected chi connectivity index (χ4v) is 5.60. The number of aromatic carboxylic acids is 1. The molecular weight excluding hydrogens is 398 g/mol. The molecule has 168 valence electrons. The van der Waals surface area contributed by atoms with Crippen LogP contribution in [0.5, 0.6) is 0 Å². The average Bonchev–Trinajstić information content (AvgIpc) is 3.49. The molecule has 0 aliphatic heterocycles. The second-order valence-electron chi connectivity index (χ2n) is 9.96. The number of carboxylic acid groups (broad SMARTS) is 1. The average molecular weight is 432 g/mol. The van der Waals surface area contributed by atoms with E-state index in [-0.39, 0.29) is 0 Å². The number of H-pyrrole nitrogens is 1. The maximum absolute atomic E-state index is 11.3. The molecule has 0 radical (unpaired) electrons. The standard InChI is InChI=1S/C28H33NO3/c1-17-13-18(2)27-24(11-12-29-27)25(17)14-22-9-10-23(32-16-19-3-4-19)15-26(22)20-5-7-21(8-6-20)28(30)31/h5-8,11-13,19,22-23,26,29H,3-4,9-10,14-16H2,1-2H3,(H,30,31). The highest BCUT2D eigenvalue weighted by atomic mass is 16.5. The number of nitrogens with one attached hydrogen (secondary N) is 1. The molecule has 2 fully saturated rings. The van der Waals surface area contributed by atoms with Crippen molar-refractivity contribution in [3.8, 4) is 0 Å². The van der Waals surface area contributed by atoms with Crippen LogP contribution >= 0.6 is 0 Å². The number of carbonyl (C=O) groups is 1. The van der Waals surface area contributed by atoms with Gasteiger partial charge in [-0.1, -0.05) is 18.2 Å². The van der Waals surface area contributed by atoms with Crippen molar-refractivity contribution in [2.24, 2.45) is 11.8 Å². The molecular formula is C28H33NO3. The molecule has 5 rings (SSSR count). The van der Waals surface area contributed by atoms with Crippen LogP contribution in [0, 0.1) is 25.7 Å². The summed E-state index contributed by atoms with van der Waals surface area (Å²) < 4.78 is 6.32. The zero-order valence-electron chi connectivity index (χ0n) is 19.1. The first kappa shape index (κ1) is 21.3. The number of benzene rings is 2. The summed E-state index contributed by atoms with van der Waals surface area (Å²) in [5.41, 5.74) is 6.95. The Labute approximate surface area is 190 Å². The van der Waals surface area contributed by atoms with Crippen molar-refractivity contribution in [2.75, 3.05) is 6.61 Å². The molecule has 2 aliphatic rings. The van der Waals surface area contributed by atoms with Crippen molar-refractivity contribution in [3.63, 3.8) is 0 Å². The molecule has 2 N–H and O–H groups in total. The third-order valence-electron chi connectivity index (χ3n) is 7.64. The molecule has 3 unspecified atom stereocenters. The predicted molar refractivity (Wildman–Crippen MR) is 127 cm³/mol. The Morgan fingerprint density at radius 2 is 1.84 bits per heavy atom. The summed E-state index contributed by atoms with van der Waals surface area (Å²) in [6.45, 7) is 5.31. The van der Waals surface area contributed by atoms with Crippen LogP contribution in [0.15, 0.2) is 42.6 Å². The Balaban J connectivity index is 1.43. The van der Waals surface area contributed by atoms with Crippen molar-refractivity contribution in [1.82, 2.24) is 4.98 Å². The van der Waals surface area contributed by atoms with Gasteiger partial charge in [-0.05, 0) is 111 Å². The molecule has 2 aromatic carbocycles. The maximum atomic E-state index is 11.3. The molecule has 0 bridgehead atoms. The third kappa shape index (κ3) is 4.33. The molecule has 0 spiro atoms. The van der Waals surface area contributed by atoms with Gasteiger partial charge < -0.3 is 14.8 Å². The SMILES string of the molecule is Cc1cc(C)c2[nH]ccc2c1CC1CCC(OCC2CC2)CC1c1ccc(C(=O)O)cc1. The van der Waals surface area contributed by atoms with Gasteiger partial charge in [0.2, 0.25) is 0 Å². The minimum atomic E-state index is -0.868. The van der Waals surface area contributed by atoms with E-state index in [1.807, 2.05) is 18.3 Å². The molecule has 0 saturated heterocycles. The summed E-state index contributed by atoms with van der Waals surface area (Å²) in [5, 5.41) is 10.7. The largest absolute Gasteiger partial charge is 0.478 e. The molecule has 0 amide bonds. The van der Waals surface area contributed by atoms with E-state index in [0.29, 0.717) is 23.5 Å². The van der Waals surface area contributed by atoms with Gasteiger partial charge >= 0.3 is 5.97 Å². The normalized spacial score (nSPS) is 23.5. The molecule has 1 heterocycles. The van der Waals surface area contributed by atoms with E-state index < -0.39 is 5.97 Å². The lowest BCUT2D eigenvalue weighted by Gasteiger charge is -2.37. The number of fused-ring (bicyclic) bond motifs is 1. The van der Waals surface area contributed by atoms with Crippen molar-refractivity contribution in [2.45, 2.75) is 64.4 Å². The summed E-state index contributed by atoms with van der Waals surface area (Å²) in [6, 6.07) is 12.1. The molecule has 3 atom stereocenters. The third-order valence-corrected chi connectivity index (χ3v) is 7.64. The van der Waals surface area contributed by atoms with E-state index in [2.05, 4.69) is 31.0 Å². The van der Waals surface area contributed by atoms with Gasteiger partial charge in [0, 0.05) is 23.7 Å². The van der Waals surface area contributed by atoms with Crippen LogP contribution in [-0.2, 0) is 11.2 Å². The molecule has 1 aromatic heterocycles. The fraction of sp³-hybridized carbons (Fsp3) is 0.464. The number of aromatic amines is 1. The lowest BCUT2D eigenvalue weighted by atomic mass is 9.71. The van der Waals surface area contributed by atoms with Gasteiger partial charge in [-0.2, -0.15) is 0 Å². The van der Waals surface area contributed by atoms with Crippen LogP contribution in [0.1, 0.15) is 70.6 Å². The molecule has 2 aliphatic carbocycles. The zero-order valence-corrected chi connectivity index (χ0v) is 19.1. The van der Waals surface area contributed by atoms with E-state index in [4.69, 9.17) is 4.74 Å². The fourth-order valence-electron chi connectivity index (χ4n) is 5.60. The first-order chi connectivity index (χ1) is 15.5. The van der Waals surface area contributed by atoms with Crippen LogP contribution < -0.4 is 0 Å². The first-order valence-corrected chi connectivity index (χ1v) is 12.0. The molecule has 3 aromatic rings. The number of aryl methyl sites for hydroxylation is 2. The summed E-state index contributed by atoms with van der Waals surface area (Å²) in [7, 11) is 0. The number of hydrogen-bond acceptors (Lipinski definition) is 2. The van der Waals surface area contributed by atoms with Gasteiger partial charge in [-0.3, -0.25) is 0 Å². The predicted octanol–water partition coefficient (Wildman–Crippen LogP) is 6.40. The minimum Gasteiger partial charge on any atom is -0.478 e. The van der Waals surface area contributed by atoms with E-state index in [0.717, 1.165) is 38.2 Å². The Morgan fingerprint density at radius 1 is 1.06 bits per heavy atom. The van der Waals surface area contributed by atoms with Crippen LogP contribution in [0.4, 0.5) is 0 Å². The topological polar surface area (TPSA) is 62.3 Å². The van der Waals surface area contributed by atoms with Gasteiger partial charge in [-0.25, -0.2) is 4.79 Å². The maximum Gasteiger partial charge on any atom is 0.335 e. The Hall–Kier alpha value is -2.59. The van der Waals surface area contributed by atoms with Crippen molar-refractivity contribution in [3.05, 3.63) is 70.4 Å². The summed E-state index contributed by atoms with van der Waals surface area (Å²) in [6.07, 6.45) is 9.30. The molecule has 32 heavy (non-hydrogen) atoms. The monoisotopic (exact) mass is 431 g/mol. The quantitative estimate of drug-likeness (QED) is 0.455. The molecule has 4 nitrogen and oxygen atoms in total. The first-order valence-electron chi connectivity index (χ1n) is 12.0. The van der Waals surface area contributed by atoms with Gasteiger partial charge in [0.1, 0.15) is 0 Å². The molecule has 2 saturated carbocycles. The van der Waals surface area contributed by atoms with Crippen molar-refractivity contribution in [1.29, 1.82) is 0 Å². The van der Waals surface area contributed by atoms with Crippen molar-refractivity contribution >= 4 is 16.9 Å². The second kappa shape index (κ2) is 8.74. The van der Waals surface area contributed by atoms with E-state index in [1.54, 1.807) is 12.1 Å². The van der Waals surface area contributed by atoms with E-state index in [9.17, 15) is 9.90 Å². The van der Waals surface area contributed by atoms with Gasteiger partial charge in [0.05, 0.1) is 11.7 Å². The van der Waals surface area contributed by atoms with E-state index >= 15 is 0 Å². The number of rotatable bonds is 7. The Bertz CT molecular complexity index is 1110. The Kier molecular flexibility index (Phi) is 5.81. The lowest BCUT2D eigenvalue weighted by Crippen LogP contribution is -2.30. The van der Waals surface area contributed by atoms with Crippen LogP contribution in [0.3, 0.4) is 0 Å². The van der Waals surface area contributed by atoms with Crippen molar-refractivity contribution < 1.29 is 14.6 Å². The van der Waals surface area contributed by atoms with Crippen LogP contribution in [0.2, 0.25) is 0 Å². The van der Waals surface area contributed by atoms with Crippen LogP contribution in [0.25, 0.3) is 10.9 Å². The summed E-state index contributed by atoms with van der Waals surface area (Å²) in [4.78, 5) is 14.8. The Morgan fingerprint density at radius 3 is 2.56 bits per heavy atom. The van der Waals surface area contributed by atoms with Gasteiger partial charge in [0.15, 0.2) is 0 Å². The highest BCUT2D eigenvalue weighted by Crippen LogP contribution is 2.43. The number of carboxylic acids is 1. The highest BCUT2D eigenvalue weighted by molar-refractivity contribution is 5.88. The van der Waals surface area contributed by atoms with Gasteiger partial charge in [0.25, 0.3) is 0 Å². The number of ether oxygens (including phenoxy) is 1. The van der Waals surface area contributed by atoms with E-state index in [1.165, 1.54) is 46.0 Å².